The lowest BCUT2D eigenvalue weighted by atomic mass is 10.0. The first kappa shape index (κ1) is 44.2. The van der Waals surface area contributed by atoms with E-state index in [-0.39, 0.29) is 51.3 Å². The van der Waals surface area contributed by atoms with Crippen LogP contribution in [-0.4, -0.2) is 84.1 Å². The van der Waals surface area contributed by atoms with E-state index in [1.165, 1.54) is 16.2 Å². The highest BCUT2D eigenvalue weighted by Crippen LogP contribution is 2.26. The molecule has 7 amide bonds. The Kier molecular flexibility index (Phi) is 17.8. The zero-order chi connectivity index (χ0) is 41.2. The lowest BCUT2D eigenvalue weighted by molar-refractivity contribution is -0.140. The van der Waals surface area contributed by atoms with Gasteiger partial charge < -0.3 is 37.2 Å². The lowest BCUT2D eigenvalue weighted by Crippen LogP contribution is -2.57. The van der Waals surface area contributed by atoms with E-state index in [1.807, 2.05) is 98.1 Å². The zero-order valence-corrected chi connectivity index (χ0v) is 33.9. The average Bonchev–Trinajstić information content (AvgIpc) is 3.62. The highest BCUT2D eigenvalue weighted by Gasteiger charge is 2.31. The van der Waals surface area contributed by atoms with Crippen molar-refractivity contribution in [1.29, 1.82) is 0 Å². The maximum atomic E-state index is 14.2. The van der Waals surface area contributed by atoms with E-state index in [0.29, 0.717) is 12.8 Å². The summed E-state index contributed by atoms with van der Waals surface area (Å²) < 4.78 is 1.01. The molecular weight excluding hydrogens is 766 g/mol. The van der Waals surface area contributed by atoms with Gasteiger partial charge in [0.15, 0.2) is 0 Å². The largest absolute Gasteiger partial charge is 0.352 e. The van der Waals surface area contributed by atoms with Gasteiger partial charge in [-0.3, -0.25) is 24.0 Å². The Morgan fingerprint density at radius 1 is 0.754 bits per heavy atom. The van der Waals surface area contributed by atoms with Crippen molar-refractivity contribution in [1.82, 2.24) is 31.5 Å². The van der Waals surface area contributed by atoms with Crippen molar-refractivity contribution >= 4 is 68.6 Å². The normalized spacial score (nSPS) is 12.5. The lowest BCUT2D eigenvalue weighted by Gasteiger charge is -2.29. The molecule has 4 aromatic rings. The Balaban J connectivity index is 1.57. The van der Waals surface area contributed by atoms with Crippen molar-refractivity contribution in [3.05, 3.63) is 106 Å². The number of nitrogens with two attached hydrogens (primary N) is 1. The fraction of sp³-hybridized carbons (Fsp3) is 0.381. The van der Waals surface area contributed by atoms with Crippen LogP contribution < -0.4 is 32.3 Å². The highest BCUT2D eigenvalue weighted by molar-refractivity contribution is 7.17. The van der Waals surface area contributed by atoms with Crippen molar-refractivity contribution in [2.24, 2.45) is 5.73 Å². The number of halogens is 1. The minimum atomic E-state index is -1.13. The molecule has 0 spiro atoms. The van der Waals surface area contributed by atoms with E-state index < -0.39 is 53.7 Å². The molecule has 0 unspecified atom stereocenters. The fourth-order valence-electron chi connectivity index (χ4n) is 6.23. The zero-order valence-electron chi connectivity index (χ0n) is 32.4. The molecule has 0 aliphatic heterocycles. The number of amides is 7. The molecule has 13 nitrogen and oxygen atoms in total. The first-order valence-electron chi connectivity index (χ1n) is 19.1. The number of primary amides is 1. The van der Waals surface area contributed by atoms with E-state index >= 15 is 0 Å². The molecule has 7 N–H and O–H groups in total. The molecule has 3 atom stereocenters. The molecule has 57 heavy (non-hydrogen) atoms. The van der Waals surface area contributed by atoms with Crippen LogP contribution in [0, 0.1) is 6.92 Å². The number of nitrogens with one attached hydrogen (secondary N) is 5. The summed E-state index contributed by atoms with van der Waals surface area (Å²) >= 11 is 7.31. The number of unbranched alkanes of at least 4 members (excludes halogenated alkanes) is 1. The van der Waals surface area contributed by atoms with E-state index in [9.17, 15) is 28.8 Å². The number of carbonyl (C=O) groups excluding carboxylic acids is 6. The summed E-state index contributed by atoms with van der Waals surface area (Å²) in [5, 5.41) is 16.7. The molecular formula is C42H52ClN7O6S. The number of benzene rings is 3. The topological polar surface area (TPSA) is 192 Å². The maximum Gasteiger partial charge on any atom is 0.312 e. The second-order valence-electron chi connectivity index (χ2n) is 13.8. The average molecular weight is 818 g/mol. The van der Waals surface area contributed by atoms with Crippen molar-refractivity contribution in [3.63, 3.8) is 0 Å². The number of nitrogens with zero attached hydrogens (tertiary/aromatic N) is 1. The molecule has 0 aliphatic carbocycles. The molecule has 0 saturated heterocycles. The number of fused-ring (bicyclic) bond motifs is 1. The van der Waals surface area contributed by atoms with Crippen molar-refractivity contribution in [2.45, 2.75) is 77.0 Å². The van der Waals surface area contributed by atoms with Gasteiger partial charge in [-0.15, -0.1) is 22.9 Å². The third kappa shape index (κ3) is 14.5. The standard InChI is InChI=1S/C42H52ClN7O6S/c1-3-4-21-50(41(55)35(48-37(51)24-43)22-29-11-6-5-7-12-29)26-38(52)47-34(23-31-27-57-36-15-9-8-13-32(31)36)40(54)49-33(14-10-20-45-42(44)56)39(53)46-25-30-18-16-28(2)17-19-30/h5-9,11-13,15-19,27,33-35H,3-4,10,14,20-26H2,1-2H3,(H,46,53)(H,47,52)(H,48,51)(H,49,54)(H3,44,45,56)/t33-,34-,35-/m0/s1. The summed E-state index contributed by atoms with van der Waals surface area (Å²) in [7, 11) is 0. The smallest absolute Gasteiger partial charge is 0.312 e. The first-order valence-corrected chi connectivity index (χ1v) is 20.5. The number of hydrogen-bond acceptors (Lipinski definition) is 7. The first-order chi connectivity index (χ1) is 27.5. The molecule has 3 aromatic carbocycles. The number of aryl methyl sites for hydroxylation is 1. The van der Waals surface area contributed by atoms with Crippen LogP contribution in [0.5, 0.6) is 0 Å². The van der Waals surface area contributed by atoms with Crippen LogP contribution in [0.15, 0.2) is 84.2 Å². The number of carbonyl (C=O) groups is 6. The van der Waals surface area contributed by atoms with E-state index in [1.54, 1.807) is 0 Å². The van der Waals surface area contributed by atoms with Crippen LogP contribution in [0.2, 0.25) is 0 Å². The molecule has 15 heteroatoms. The van der Waals surface area contributed by atoms with Crippen LogP contribution in [0.1, 0.15) is 54.9 Å². The van der Waals surface area contributed by atoms with Gasteiger partial charge in [-0.25, -0.2) is 4.79 Å². The van der Waals surface area contributed by atoms with Gasteiger partial charge in [0, 0.05) is 37.2 Å². The van der Waals surface area contributed by atoms with E-state index in [4.69, 9.17) is 17.3 Å². The predicted molar refractivity (Wildman–Crippen MR) is 224 cm³/mol. The van der Waals surface area contributed by atoms with Gasteiger partial charge in [-0.1, -0.05) is 91.7 Å². The summed E-state index contributed by atoms with van der Waals surface area (Å²) in [4.78, 5) is 81.0. The summed E-state index contributed by atoms with van der Waals surface area (Å²) in [5.74, 6) is -2.94. The molecule has 0 fully saturated rings. The van der Waals surface area contributed by atoms with Gasteiger partial charge in [0.25, 0.3) is 0 Å². The molecule has 1 aromatic heterocycles. The second-order valence-corrected chi connectivity index (χ2v) is 15.0. The summed E-state index contributed by atoms with van der Waals surface area (Å²) in [6.45, 7) is 4.20. The molecule has 304 valence electrons. The Bertz CT molecular complexity index is 1960. The van der Waals surface area contributed by atoms with Gasteiger partial charge in [0.2, 0.25) is 29.5 Å². The Morgan fingerprint density at radius 2 is 1.46 bits per heavy atom. The molecule has 0 saturated carbocycles. The van der Waals surface area contributed by atoms with Crippen molar-refractivity contribution in [2.75, 3.05) is 25.5 Å². The molecule has 4 rings (SSSR count). The monoisotopic (exact) mass is 817 g/mol. The quantitative estimate of drug-likeness (QED) is 0.0512. The Morgan fingerprint density at radius 3 is 2.16 bits per heavy atom. The second kappa shape index (κ2) is 22.9. The van der Waals surface area contributed by atoms with Gasteiger partial charge in [-0.2, -0.15) is 0 Å². The van der Waals surface area contributed by atoms with E-state index in [0.717, 1.165) is 38.8 Å². The van der Waals surface area contributed by atoms with E-state index in [2.05, 4.69) is 26.6 Å². The number of urea groups is 1. The number of rotatable bonds is 22. The third-order valence-electron chi connectivity index (χ3n) is 9.29. The summed E-state index contributed by atoms with van der Waals surface area (Å²) in [6, 6.07) is 20.8. The SMILES string of the molecule is CCCCN(CC(=O)N[C@@H](Cc1csc2ccccc12)C(=O)N[C@@H](CCCNC(N)=O)C(=O)NCc1ccc(C)cc1)C(=O)[C@H](Cc1ccccc1)NC(=O)CCl. The van der Waals surface area contributed by atoms with Gasteiger partial charge >= 0.3 is 6.03 Å². The molecule has 0 radical (unpaired) electrons. The van der Waals surface area contributed by atoms with Gasteiger partial charge in [-0.05, 0) is 59.7 Å². The van der Waals surface area contributed by atoms with Crippen molar-refractivity contribution < 1.29 is 28.8 Å². The summed E-state index contributed by atoms with van der Waals surface area (Å²) in [5.41, 5.74) is 8.82. The van der Waals surface area contributed by atoms with Gasteiger partial charge in [0.05, 0.1) is 6.54 Å². The Hall–Kier alpha value is -5.47. The van der Waals surface area contributed by atoms with Crippen LogP contribution in [-0.2, 0) is 43.4 Å². The third-order valence-corrected chi connectivity index (χ3v) is 10.5. The van der Waals surface area contributed by atoms with Crippen LogP contribution >= 0.6 is 22.9 Å². The molecule has 0 bridgehead atoms. The minimum absolute atomic E-state index is 0.105. The maximum absolute atomic E-state index is 14.2. The number of alkyl halides is 1. The van der Waals surface area contributed by atoms with Gasteiger partial charge in [0.1, 0.15) is 24.0 Å². The highest BCUT2D eigenvalue weighted by atomic mass is 35.5. The van der Waals surface area contributed by atoms with Crippen molar-refractivity contribution in [3.8, 4) is 0 Å². The number of hydrogen-bond donors (Lipinski definition) is 6. The van der Waals surface area contributed by atoms with Crippen LogP contribution in [0.25, 0.3) is 10.1 Å². The predicted octanol–water partition coefficient (Wildman–Crippen LogP) is 4.08. The fourth-order valence-corrected chi connectivity index (χ4v) is 7.28. The minimum Gasteiger partial charge on any atom is -0.352 e. The number of thiophene rings is 1. The summed E-state index contributed by atoms with van der Waals surface area (Å²) in [6.07, 6.45) is 2.12. The van der Waals surface area contributed by atoms with Crippen LogP contribution in [0.3, 0.4) is 0 Å². The molecule has 1 heterocycles. The molecule has 0 aliphatic rings. The van der Waals surface area contributed by atoms with Crippen LogP contribution in [0.4, 0.5) is 4.79 Å². The Labute approximate surface area is 342 Å².